The number of carbonyl (C=O) groups excluding carboxylic acids is 8. The maximum absolute atomic E-state index is 12.7. The normalized spacial score (nSPS) is 12.6. The fourth-order valence-electron chi connectivity index (χ4n) is 6.59. The second-order valence-electron chi connectivity index (χ2n) is 16.5. The van der Waals surface area contributed by atoms with E-state index in [1.165, 1.54) is 31.4 Å². The van der Waals surface area contributed by atoms with E-state index in [2.05, 4.69) is 37.5 Å². The zero-order valence-electron chi connectivity index (χ0n) is 43.6. The predicted octanol–water partition coefficient (Wildman–Crippen LogP) is -0.201. The van der Waals surface area contributed by atoms with Crippen LogP contribution in [-0.4, -0.2) is 188 Å². The average molecular weight is 1070 g/mol. The molecular formula is C48H77N9O18. The summed E-state index contributed by atoms with van der Waals surface area (Å²) in [4.78, 5) is 119. The van der Waals surface area contributed by atoms with Crippen molar-refractivity contribution in [2.75, 3.05) is 125 Å². The summed E-state index contributed by atoms with van der Waals surface area (Å²) in [5, 5.41) is 25.7. The van der Waals surface area contributed by atoms with Crippen LogP contribution in [-0.2, 0) is 67.0 Å². The molecule has 0 saturated heterocycles. The lowest BCUT2D eigenvalue weighted by atomic mass is 10.0. The smallest absolute Gasteiger partial charge is 0.324 e. The highest BCUT2D eigenvalue weighted by Gasteiger charge is 2.28. The lowest BCUT2D eigenvalue weighted by molar-refractivity contribution is -0.385. The molecule has 422 valence electrons. The molecule has 0 aromatic heterocycles. The van der Waals surface area contributed by atoms with E-state index in [9.17, 15) is 48.5 Å². The van der Waals surface area contributed by atoms with Crippen molar-refractivity contribution in [1.29, 1.82) is 0 Å². The van der Waals surface area contributed by atoms with E-state index in [1.807, 2.05) is 13.8 Å². The molecule has 7 N–H and O–H groups in total. The van der Waals surface area contributed by atoms with E-state index in [4.69, 9.17) is 38.1 Å². The lowest BCUT2D eigenvalue weighted by Crippen LogP contribution is -2.41. The number of unbranched alkanes of at least 4 members (excludes halogenated alkanes) is 1. The minimum absolute atomic E-state index is 0.00853. The second-order valence-corrected chi connectivity index (χ2v) is 16.5. The highest BCUT2D eigenvalue weighted by atomic mass is 16.7. The van der Waals surface area contributed by atoms with E-state index in [-0.39, 0.29) is 162 Å². The van der Waals surface area contributed by atoms with Crippen molar-refractivity contribution in [2.45, 2.75) is 84.2 Å². The molecule has 0 fully saturated rings. The summed E-state index contributed by atoms with van der Waals surface area (Å²) in [6.07, 6.45) is 4.81. The minimum Gasteiger partial charge on any atom is -0.493 e. The molecule has 2 rings (SSSR count). The predicted molar refractivity (Wildman–Crippen MR) is 268 cm³/mol. The van der Waals surface area contributed by atoms with Crippen molar-refractivity contribution in [3.8, 4) is 11.5 Å². The lowest BCUT2D eigenvalue weighted by Gasteiger charge is -2.19. The molecule has 1 aliphatic carbocycles. The van der Waals surface area contributed by atoms with E-state index in [0.29, 0.717) is 52.5 Å². The molecule has 1 aliphatic rings. The number of nitrogens with one attached hydrogen (secondary N) is 7. The van der Waals surface area contributed by atoms with Gasteiger partial charge in [0, 0.05) is 71.5 Å². The fourth-order valence-corrected chi connectivity index (χ4v) is 6.59. The third kappa shape index (κ3) is 30.1. The quantitative estimate of drug-likeness (QED) is 0.0192. The number of hydrogen-bond acceptors (Lipinski definition) is 22. The third-order valence-electron chi connectivity index (χ3n) is 10.7. The maximum atomic E-state index is 12.7. The summed E-state index contributed by atoms with van der Waals surface area (Å²) >= 11 is 0. The van der Waals surface area contributed by atoms with Crippen LogP contribution in [0.25, 0.3) is 0 Å². The van der Waals surface area contributed by atoms with Crippen LogP contribution in [0.15, 0.2) is 24.3 Å². The van der Waals surface area contributed by atoms with Crippen LogP contribution < -0.4 is 47.0 Å². The van der Waals surface area contributed by atoms with Crippen molar-refractivity contribution in [2.24, 2.45) is 0 Å². The van der Waals surface area contributed by atoms with Gasteiger partial charge in [-0.3, -0.25) is 53.4 Å². The van der Waals surface area contributed by atoms with Gasteiger partial charge in [-0.05, 0) is 44.5 Å². The molecule has 4 amide bonds. The Balaban J connectivity index is 1.53. The number of rotatable bonds is 45. The molecule has 1 atom stereocenters. The molecule has 75 heavy (non-hydrogen) atoms. The zero-order valence-corrected chi connectivity index (χ0v) is 43.6. The third-order valence-corrected chi connectivity index (χ3v) is 10.7. The monoisotopic (exact) mass is 1070 g/mol. The number of likely N-dealkylation sites (N-methyl/N-ethyl adjacent to an activating group) is 1. The number of nitro groups is 1. The molecule has 1 aromatic rings. The van der Waals surface area contributed by atoms with Gasteiger partial charge in [0.25, 0.3) is 5.69 Å². The highest BCUT2D eigenvalue weighted by molar-refractivity contribution is 6.22. The van der Waals surface area contributed by atoms with Gasteiger partial charge in [-0.1, -0.05) is 20.3 Å². The first-order valence-corrected chi connectivity index (χ1v) is 25.1. The van der Waals surface area contributed by atoms with Gasteiger partial charge in [0.05, 0.1) is 102 Å². The van der Waals surface area contributed by atoms with Gasteiger partial charge < -0.3 is 64.7 Å². The number of ketones is 2. The Kier molecular flexibility index (Phi) is 34.8. The van der Waals surface area contributed by atoms with Crippen LogP contribution >= 0.6 is 0 Å². The molecule has 27 heteroatoms. The van der Waals surface area contributed by atoms with Gasteiger partial charge in [0.2, 0.25) is 23.6 Å². The van der Waals surface area contributed by atoms with Crippen LogP contribution in [0.2, 0.25) is 0 Å². The zero-order chi connectivity index (χ0) is 55.1. The topological polar surface area (TPSA) is 341 Å². The molecule has 1 unspecified atom stereocenters. The number of nitro benzene ring substituents is 1. The molecular weight excluding hydrogens is 991 g/mol. The van der Waals surface area contributed by atoms with Crippen molar-refractivity contribution < 1.29 is 81.4 Å². The number of nitrogens with zero attached hydrogens (tertiary/aromatic N) is 2. The number of hydroxylamine groups is 2. The molecule has 0 radical (unpaired) electrons. The Morgan fingerprint density at radius 2 is 1.20 bits per heavy atom. The molecule has 0 saturated carbocycles. The molecule has 27 nitrogen and oxygen atoms in total. The number of hydrogen-bond donors (Lipinski definition) is 7. The second kappa shape index (κ2) is 40.2. The Hall–Kier alpha value is -6.20. The van der Waals surface area contributed by atoms with E-state index >= 15 is 0 Å². The number of methoxy groups -OCH3 is 1. The fraction of sp³-hybridized carbons (Fsp3) is 0.667. The van der Waals surface area contributed by atoms with Crippen molar-refractivity contribution in [3.05, 3.63) is 40.0 Å². The van der Waals surface area contributed by atoms with Crippen LogP contribution in [0.3, 0.4) is 0 Å². The van der Waals surface area contributed by atoms with Gasteiger partial charge >= 0.3 is 11.9 Å². The summed E-state index contributed by atoms with van der Waals surface area (Å²) in [7, 11) is 1.36. The van der Waals surface area contributed by atoms with Crippen LogP contribution in [0.4, 0.5) is 5.69 Å². The van der Waals surface area contributed by atoms with Crippen LogP contribution in [0, 0.1) is 10.1 Å². The van der Waals surface area contributed by atoms with Gasteiger partial charge in [-0.2, -0.15) is 11.0 Å². The molecule has 1 aromatic carbocycles. The Bertz CT molecular complexity index is 1960. The minimum atomic E-state index is -0.902. The largest absolute Gasteiger partial charge is 0.493 e. The van der Waals surface area contributed by atoms with Crippen LogP contribution in [0.1, 0.15) is 83.7 Å². The van der Waals surface area contributed by atoms with Gasteiger partial charge in [-0.15, -0.1) is 0 Å². The molecule has 0 spiro atoms. The first-order valence-electron chi connectivity index (χ1n) is 25.1. The summed E-state index contributed by atoms with van der Waals surface area (Å²) in [5.74, 6) is -2.45. The van der Waals surface area contributed by atoms with Gasteiger partial charge in [0.15, 0.2) is 23.1 Å². The first-order chi connectivity index (χ1) is 36.2. The maximum Gasteiger partial charge on any atom is 0.324 e. The standard InChI is InChI=1S/C48H77N9O18/c1-5-7-9-46(64)74-53-19-17-49-43(61)14-22-56(6-2)34-45(63)50-18-20-54-75-47(65)10-8-23-73-41-33-37(57(66)67)36(32-40(41)68-4)35(3)55-44(62)15-24-69-26-28-71-30-31-72-29-27-70-25-21-51-42(60)13-16-52-48-38(58)11-12-39(48)59/h11-12,32-33,35,48,52-54H,5-10,13-31,34H2,1-4H3,(H,49,61)(H,50,63)(H,51,60)(H,55,62). The Labute approximate surface area is 436 Å². The number of ether oxygens (including phenoxy) is 6. The number of carbonyl (C=O) groups is 8. The highest BCUT2D eigenvalue weighted by Crippen LogP contribution is 2.37. The SMILES string of the molecule is CCCCC(=O)ONCCNC(=O)CCN(CC)CC(=O)NCCNOC(=O)CCCOc1cc([N+](=O)[O-])c(C(C)NC(=O)CCOCCOCCOCCOCCNC(=O)CCNC2C(=O)C=CC2=O)cc1OC. The summed E-state index contributed by atoms with van der Waals surface area (Å²) in [5.41, 5.74) is 4.89. The molecule has 0 bridgehead atoms. The Morgan fingerprint density at radius 3 is 1.79 bits per heavy atom. The van der Waals surface area contributed by atoms with Gasteiger partial charge in [0.1, 0.15) is 6.04 Å². The van der Waals surface area contributed by atoms with E-state index in [0.717, 1.165) is 12.8 Å². The number of amides is 4. The average Bonchev–Trinajstić information content (AvgIpc) is 3.71. The van der Waals surface area contributed by atoms with Gasteiger partial charge in [-0.25, -0.2) is 0 Å². The van der Waals surface area contributed by atoms with Crippen LogP contribution in [0.5, 0.6) is 11.5 Å². The van der Waals surface area contributed by atoms with E-state index in [1.54, 1.807) is 11.8 Å². The summed E-state index contributed by atoms with van der Waals surface area (Å²) < 4.78 is 33.0. The van der Waals surface area contributed by atoms with Crippen molar-refractivity contribution in [3.63, 3.8) is 0 Å². The number of benzene rings is 1. The molecule has 0 aliphatic heterocycles. The summed E-state index contributed by atoms with van der Waals surface area (Å²) in [6.45, 7) is 9.81. The van der Waals surface area contributed by atoms with Crippen molar-refractivity contribution in [1.82, 2.24) is 42.4 Å². The van der Waals surface area contributed by atoms with Crippen molar-refractivity contribution >= 4 is 52.8 Å². The summed E-state index contributed by atoms with van der Waals surface area (Å²) in [6, 6.07) is 0.929. The first kappa shape index (κ1) is 64.9. The Morgan fingerprint density at radius 1 is 0.640 bits per heavy atom. The molecule has 0 heterocycles. The van der Waals surface area contributed by atoms with E-state index < -0.39 is 28.9 Å².